The zero-order valence-corrected chi connectivity index (χ0v) is 11.1. The molecule has 0 bridgehead atoms. The summed E-state index contributed by atoms with van der Waals surface area (Å²) in [6.45, 7) is 0.602. The van der Waals surface area contributed by atoms with E-state index in [0.29, 0.717) is 12.1 Å². The lowest BCUT2D eigenvalue weighted by Gasteiger charge is -2.45. The van der Waals surface area contributed by atoms with Gasteiger partial charge in [0.25, 0.3) is 0 Å². The number of nitrogens with zero attached hydrogens (tertiary/aromatic N) is 1. The molecule has 19 heavy (non-hydrogen) atoms. The zero-order chi connectivity index (χ0) is 13.6. The number of benzene rings is 1. The van der Waals surface area contributed by atoms with Gasteiger partial charge in [0.1, 0.15) is 0 Å². The Hall–Kier alpha value is -1.59. The van der Waals surface area contributed by atoms with Crippen LogP contribution >= 0.6 is 0 Å². The minimum absolute atomic E-state index is 0.0166. The standard InChI is InChI=1S/C14H19N3O2/c1-17-10-4-3-9(7-11(10)19-13(17)18)12(16)14(8-15)5-2-6-14/h3-4,7,12H,2,5-6,8,15-16H2,1H3. The highest BCUT2D eigenvalue weighted by Gasteiger charge is 2.41. The maximum Gasteiger partial charge on any atom is 0.419 e. The summed E-state index contributed by atoms with van der Waals surface area (Å²) in [5.41, 5.74) is 14.7. The first kappa shape index (κ1) is 12.4. The van der Waals surface area contributed by atoms with Crippen molar-refractivity contribution in [1.82, 2.24) is 4.57 Å². The third-order valence-corrected chi connectivity index (χ3v) is 4.59. The molecule has 3 rings (SSSR count). The summed E-state index contributed by atoms with van der Waals surface area (Å²) in [5, 5.41) is 0. The molecular formula is C14H19N3O2. The van der Waals surface area contributed by atoms with Gasteiger partial charge in [0.15, 0.2) is 5.58 Å². The number of nitrogens with two attached hydrogens (primary N) is 2. The van der Waals surface area contributed by atoms with E-state index >= 15 is 0 Å². The monoisotopic (exact) mass is 261 g/mol. The van der Waals surface area contributed by atoms with Crippen LogP contribution in [-0.2, 0) is 7.05 Å². The van der Waals surface area contributed by atoms with E-state index in [1.54, 1.807) is 7.05 Å². The molecule has 1 unspecified atom stereocenters. The Morgan fingerprint density at radius 1 is 1.47 bits per heavy atom. The fourth-order valence-corrected chi connectivity index (χ4v) is 2.97. The van der Waals surface area contributed by atoms with Gasteiger partial charge in [-0.3, -0.25) is 4.57 Å². The van der Waals surface area contributed by atoms with Crippen molar-refractivity contribution in [3.8, 4) is 0 Å². The number of hydrogen-bond donors (Lipinski definition) is 2. The van der Waals surface area contributed by atoms with Gasteiger partial charge in [-0.1, -0.05) is 12.5 Å². The molecule has 1 heterocycles. The molecule has 0 radical (unpaired) electrons. The highest BCUT2D eigenvalue weighted by Crippen LogP contribution is 2.48. The molecular weight excluding hydrogens is 242 g/mol. The normalized spacial score (nSPS) is 19.3. The van der Waals surface area contributed by atoms with Gasteiger partial charge in [-0.15, -0.1) is 0 Å². The van der Waals surface area contributed by atoms with Gasteiger partial charge in [-0.05, 0) is 37.1 Å². The smallest absolute Gasteiger partial charge is 0.408 e. The molecule has 1 fully saturated rings. The molecule has 1 aliphatic carbocycles. The van der Waals surface area contributed by atoms with Crippen LogP contribution in [0.3, 0.4) is 0 Å². The van der Waals surface area contributed by atoms with E-state index in [9.17, 15) is 4.79 Å². The van der Waals surface area contributed by atoms with Crippen molar-refractivity contribution in [2.75, 3.05) is 6.54 Å². The van der Waals surface area contributed by atoms with Gasteiger partial charge in [-0.2, -0.15) is 0 Å². The molecule has 0 amide bonds. The fourth-order valence-electron chi connectivity index (χ4n) is 2.97. The predicted molar refractivity (Wildman–Crippen MR) is 73.7 cm³/mol. The highest BCUT2D eigenvalue weighted by molar-refractivity contribution is 5.73. The van der Waals surface area contributed by atoms with Crippen LogP contribution in [0.4, 0.5) is 0 Å². The first-order valence-corrected chi connectivity index (χ1v) is 6.62. The number of oxazole rings is 1. The molecule has 5 heteroatoms. The van der Waals surface area contributed by atoms with Crippen molar-refractivity contribution in [3.63, 3.8) is 0 Å². The molecule has 1 aromatic carbocycles. The summed E-state index contributed by atoms with van der Waals surface area (Å²) in [7, 11) is 1.70. The minimum Gasteiger partial charge on any atom is -0.408 e. The summed E-state index contributed by atoms with van der Waals surface area (Å²) in [4.78, 5) is 11.5. The molecule has 4 N–H and O–H groups in total. The predicted octanol–water partition coefficient (Wildman–Crippen LogP) is 1.26. The number of aromatic nitrogens is 1. The van der Waals surface area contributed by atoms with Crippen LogP contribution in [0, 0.1) is 5.41 Å². The average Bonchev–Trinajstić information content (AvgIpc) is 2.64. The van der Waals surface area contributed by atoms with E-state index in [-0.39, 0.29) is 17.2 Å². The van der Waals surface area contributed by atoms with Crippen LogP contribution < -0.4 is 17.2 Å². The van der Waals surface area contributed by atoms with Gasteiger partial charge >= 0.3 is 5.76 Å². The zero-order valence-electron chi connectivity index (χ0n) is 11.1. The number of rotatable bonds is 3. The molecule has 1 aliphatic rings. The Morgan fingerprint density at radius 2 is 2.21 bits per heavy atom. The van der Waals surface area contributed by atoms with Crippen LogP contribution in [0.15, 0.2) is 27.4 Å². The van der Waals surface area contributed by atoms with E-state index in [1.807, 2.05) is 18.2 Å². The van der Waals surface area contributed by atoms with E-state index in [0.717, 1.165) is 23.9 Å². The lowest BCUT2D eigenvalue weighted by Crippen LogP contribution is -2.46. The largest absolute Gasteiger partial charge is 0.419 e. The Bertz CT molecular complexity index is 661. The summed E-state index contributed by atoms with van der Waals surface area (Å²) in [5.74, 6) is -0.349. The Morgan fingerprint density at radius 3 is 2.79 bits per heavy atom. The summed E-state index contributed by atoms with van der Waals surface area (Å²) in [6, 6.07) is 5.63. The third-order valence-electron chi connectivity index (χ3n) is 4.59. The minimum atomic E-state index is -0.349. The van der Waals surface area contributed by atoms with Gasteiger partial charge in [0.05, 0.1) is 5.52 Å². The van der Waals surface area contributed by atoms with Crippen LogP contribution in [0.5, 0.6) is 0 Å². The number of hydrogen-bond acceptors (Lipinski definition) is 4. The SMILES string of the molecule is Cn1c(=O)oc2cc(C(N)C3(CN)CCC3)ccc21. The first-order valence-electron chi connectivity index (χ1n) is 6.62. The van der Waals surface area contributed by atoms with Crippen LogP contribution in [0.1, 0.15) is 30.9 Å². The van der Waals surface area contributed by atoms with Crippen molar-refractivity contribution in [3.05, 3.63) is 34.3 Å². The lowest BCUT2D eigenvalue weighted by molar-refractivity contribution is 0.105. The molecule has 1 saturated carbocycles. The van der Waals surface area contributed by atoms with E-state index in [2.05, 4.69) is 0 Å². The highest BCUT2D eigenvalue weighted by atomic mass is 16.4. The molecule has 1 aromatic heterocycles. The van der Waals surface area contributed by atoms with Gasteiger partial charge in [-0.25, -0.2) is 4.79 Å². The van der Waals surface area contributed by atoms with Crippen LogP contribution in [0.2, 0.25) is 0 Å². The molecule has 102 valence electrons. The van der Waals surface area contributed by atoms with Crippen LogP contribution in [-0.4, -0.2) is 11.1 Å². The number of aryl methyl sites for hydroxylation is 1. The quantitative estimate of drug-likeness (QED) is 0.870. The maximum atomic E-state index is 11.5. The maximum absolute atomic E-state index is 11.5. The average molecular weight is 261 g/mol. The number of fused-ring (bicyclic) bond motifs is 1. The Kier molecular flexibility index (Phi) is 2.76. The summed E-state index contributed by atoms with van der Waals surface area (Å²) < 4.78 is 6.70. The van der Waals surface area contributed by atoms with Gasteiger partial charge in [0, 0.05) is 18.5 Å². The van der Waals surface area contributed by atoms with Gasteiger partial charge < -0.3 is 15.9 Å². The molecule has 2 aromatic rings. The van der Waals surface area contributed by atoms with Gasteiger partial charge in [0.2, 0.25) is 0 Å². The van der Waals surface area contributed by atoms with Crippen molar-refractivity contribution < 1.29 is 4.42 Å². The van der Waals surface area contributed by atoms with E-state index < -0.39 is 0 Å². The van der Waals surface area contributed by atoms with Crippen LogP contribution in [0.25, 0.3) is 11.1 Å². The second-order valence-electron chi connectivity index (χ2n) is 5.55. The molecule has 0 aliphatic heterocycles. The Balaban J connectivity index is 2.03. The summed E-state index contributed by atoms with van der Waals surface area (Å²) in [6.07, 6.45) is 3.33. The van der Waals surface area contributed by atoms with Crippen molar-refractivity contribution in [2.24, 2.45) is 23.9 Å². The first-order chi connectivity index (χ1) is 9.07. The second kappa shape index (κ2) is 4.21. The Labute approximate surface area is 111 Å². The molecule has 0 saturated heterocycles. The van der Waals surface area contributed by atoms with E-state index in [1.165, 1.54) is 11.0 Å². The topological polar surface area (TPSA) is 87.2 Å². The third kappa shape index (κ3) is 1.73. The van der Waals surface area contributed by atoms with Crippen molar-refractivity contribution in [1.29, 1.82) is 0 Å². The fraction of sp³-hybridized carbons (Fsp3) is 0.500. The van der Waals surface area contributed by atoms with Crippen molar-refractivity contribution in [2.45, 2.75) is 25.3 Å². The molecule has 5 nitrogen and oxygen atoms in total. The summed E-state index contributed by atoms with van der Waals surface area (Å²) >= 11 is 0. The molecule has 1 atom stereocenters. The van der Waals surface area contributed by atoms with E-state index in [4.69, 9.17) is 15.9 Å². The second-order valence-corrected chi connectivity index (χ2v) is 5.55. The lowest BCUT2D eigenvalue weighted by atomic mass is 9.63. The molecule has 0 spiro atoms. The van der Waals surface area contributed by atoms with Crippen molar-refractivity contribution >= 4 is 11.1 Å².